The van der Waals surface area contributed by atoms with Gasteiger partial charge in [-0.1, -0.05) is 6.07 Å². The average molecular weight is 323 g/mol. The Bertz CT molecular complexity index is 520. The summed E-state index contributed by atoms with van der Waals surface area (Å²) in [5.41, 5.74) is 1.05. The van der Waals surface area contributed by atoms with Gasteiger partial charge in [0.1, 0.15) is 0 Å². The maximum absolute atomic E-state index is 11.6. The monoisotopic (exact) mass is 323 g/mol. The van der Waals surface area contributed by atoms with Crippen LogP contribution in [0.3, 0.4) is 0 Å². The van der Waals surface area contributed by atoms with Crippen molar-refractivity contribution in [3.8, 4) is 11.5 Å². The first kappa shape index (κ1) is 18.6. The van der Waals surface area contributed by atoms with Crippen LogP contribution in [0.2, 0.25) is 0 Å². The van der Waals surface area contributed by atoms with Crippen LogP contribution in [0.25, 0.3) is 0 Å². The number of urea groups is 1. The molecule has 0 spiro atoms. The van der Waals surface area contributed by atoms with Gasteiger partial charge in [0.25, 0.3) is 0 Å². The Morgan fingerprint density at radius 2 is 1.74 bits per heavy atom. The normalized spacial score (nSPS) is 9.87. The van der Waals surface area contributed by atoms with E-state index in [1.807, 2.05) is 25.1 Å². The Labute approximate surface area is 136 Å². The highest BCUT2D eigenvalue weighted by Crippen LogP contribution is 2.28. The molecule has 0 aromatic heterocycles. The van der Waals surface area contributed by atoms with Crippen LogP contribution in [0.15, 0.2) is 18.2 Å². The minimum absolute atomic E-state index is 0.114. The van der Waals surface area contributed by atoms with Crippen molar-refractivity contribution >= 4 is 11.9 Å². The van der Waals surface area contributed by atoms with Crippen LogP contribution >= 0.6 is 0 Å². The van der Waals surface area contributed by atoms with E-state index in [9.17, 15) is 9.59 Å². The first-order valence-electron chi connectivity index (χ1n) is 7.62. The van der Waals surface area contributed by atoms with Crippen LogP contribution in [0.4, 0.5) is 4.79 Å². The van der Waals surface area contributed by atoms with E-state index in [1.54, 1.807) is 7.11 Å². The highest BCUT2D eigenvalue weighted by molar-refractivity contribution is 5.74. The maximum atomic E-state index is 11.6. The van der Waals surface area contributed by atoms with E-state index in [4.69, 9.17) is 9.47 Å². The van der Waals surface area contributed by atoms with Crippen molar-refractivity contribution in [1.29, 1.82) is 0 Å². The fourth-order valence-corrected chi connectivity index (χ4v) is 1.94. The zero-order chi connectivity index (χ0) is 17.1. The largest absolute Gasteiger partial charge is 0.493 e. The van der Waals surface area contributed by atoms with Gasteiger partial charge in [-0.2, -0.15) is 0 Å². The fraction of sp³-hybridized carbons (Fsp3) is 0.500. The van der Waals surface area contributed by atoms with Crippen molar-refractivity contribution in [2.45, 2.75) is 20.3 Å². The fourth-order valence-electron chi connectivity index (χ4n) is 1.94. The topological polar surface area (TPSA) is 88.7 Å². The Morgan fingerprint density at radius 1 is 1.04 bits per heavy atom. The van der Waals surface area contributed by atoms with Gasteiger partial charge in [-0.25, -0.2) is 4.79 Å². The van der Waals surface area contributed by atoms with Crippen molar-refractivity contribution in [3.63, 3.8) is 0 Å². The quantitative estimate of drug-likeness (QED) is 0.593. The smallest absolute Gasteiger partial charge is 0.314 e. The molecule has 0 radical (unpaired) electrons. The molecular weight excluding hydrogens is 298 g/mol. The summed E-state index contributed by atoms with van der Waals surface area (Å²) in [5.74, 6) is 1.28. The molecule has 0 heterocycles. The van der Waals surface area contributed by atoms with Crippen LogP contribution in [-0.2, 0) is 11.2 Å². The Kier molecular flexibility index (Phi) is 8.34. The summed E-state index contributed by atoms with van der Waals surface area (Å²) in [4.78, 5) is 22.2. The van der Waals surface area contributed by atoms with Gasteiger partial charge >= 0.3 is 6.03 Å². The molecule has 0 saturated carbocycles. The lowest BCUT2D eigenvalue weighted by molar-refractivity contribution is -0.118. The first-order chi connectivity index (χ1) is 11.1. The molecule has 0 aliphatic carbocycles. The van der Waals surface area contributed by atoms with E-state index in [1.165, 1.54) is 6.92 Å². The Morgan fingerprint density at radius 3 is 2.39 bits per heavy atom. The second-order valence-electron chi connectivity index (χ2n) is 4.83. The molecule has 0 atom stereocenters. The predicted molar refractivity (Wildman–Crippen MR) is 88.0 cm³/mol. The summed E-state index contributed by atoms with van der Waals surface area (Å²) in [6.45, 7) is 5.24. The van der Waals surface area contributed by atoms with Crippen molar-refractivity contribution < 1.29 is 19.1 Å². The van der Waals surface area contributed by atoms with Gasteiger partial charge in [-0.05, 0) is 31.0 Å². The van der Waals surface area contributed by atoms with E-state index in [0.29, 0.717) is 44.2 Å². The Hall–Kier alpha value is -2.44. The molecule has 0 aliphatic heterocycles. The number of carbonyl (C=O) groups excluding carboxylic acids is 2. The SMILES string of the molecule is CCOc1ccc(CCNC(=O)NCCNC(C)=O)cc1OC. The summed E-state index contributed by atoms with van der Waals surface area (Å²) in [7, 11) is 1.60. The zero-order valence-corrected chi connectivity index (χ0v) is 13.9. The third-order valence-corrected chi connectivity index (χ3v) is 3.01. The molecule has 1 aromatic carbocycles. The van der Waals surface area contributed by atoms with Crippen molar-refractivity contribution in [3.05, 3.63) is 23.8 Å². The lowest BCUT2D eigenvalue weighted by Gasteiger charge is -2.11. The number of hydrogen-bond donors (Lipinski definition) is 3. The van der Waals surface area contributed by atoms with Crippen molar-refractivity contribution in [2.24, 2.45) is 0 Å². The summed E-state index contributed by atoms with van der Waals surface area (Å²) in [5, 5.41) is 8.03. The van der Waals surface area contributed by atoms with Crippen LogP contribution in [-0.4, -0.2) is 45.3 Å². The molecule has 0 unspecified atom stereocenters. The lowest BCUT2D eigenvalue weighted by atomic mass is 10.1. The number of rotatable bonds is 9. The van der Waals surface area contributed by atoms with Gasteiger partial charge < -0.3 is 25.4 Å². The second kappa shape index (κ2) is 10.3. The molecule has 23 heavy (non-hydrogen) atoms. The minimum Gasteiger partial charge on any atom is -0.493 e. The molecule has 0 bridgehead atoms. The van der Waals surface area contributed by atoms with E-state index >= 15 is 0 Å². The lowest BCUT2D eigenvalue weighted by Crippen LogP contribution is -2.40. The standard InChI is InChI=1S/C16H25N3O4/c1-4-23-14-6-5-13(11-15(14)22-3)7-8-18-16(21)19-10-9-17-12(2)20/h5-6,11H,4,7-10H2,1-3H3,(H,17,20)(H2,18,19,21). The van der Waals surface area contributed by atoms with Gasteiger partial charge in [0, 0.05) is 26.6 Å². The summed E-state index contributed by atoms with van der Waals surface area (Å²) in [6.07, 6.45) is 0.682. The number of ether oxygens (including phenoxy) is 2. The summed E-state index contributed by atoms with van der Waals surface area (Å²) >= 11 is 0. The van der Waals surface area contributed by atoms with E-state index in [2.05, 4.69) is 16.0 Å². The maximum Gasteiger partial charge on any atom is 0.314 e. The van der Waals surface area contributed by atoms with Crippen LogP contribution in [0, 0.1) is 0 Å². The highest BCUT2D eigenvalue weighted by atomic mass is 16.5. The van der Waals surface area contributed by atoms with Gasteiger partial charge in [-0.3, -0.25) is 4.79 Å². The third kappa shape index (κ3) is 7.39. The highest BCUT2D eigenvalue weighted by Gasteiger charge is 2.06. The molecule has 0 aliphatic rings. The molecule has 7 heteroatoms. The number of methoxy groups -OCH3 is 1. The van der Waals surface area contributed by atoms with Gasteiger partial charge in [0.15, 0.2) is 11.5 Å². The average Bonchev–Trinajstić information content (AvgIpc) is 2.53. The third-order valence-electron chi connectivity index (χ3n) is 3.01. The van der Waals surface area contributed by atoms with E-state index in [0.717, 1.165) is 5.56 Å². The molecule has 0 fully saturated rings. The Balaban J connectivity index is 2.32. The van der Waals surface area contributed by atoms with Crippen molar-refractivity contribution in [2.75, 3.05) is 33.4 Å². The van der Waals surface area contributed by atoms with E-state index in [-0.39, 0.29) is 11.9 Å². The zero-order valence-electron chi connectivity index (χ0n) is 13.9. The molecule has 128 valence electrons. The summed E-state index contributed by atoms with van der Waals surface area (Å²) < 4.78 is 10.8. The van der Waals surface area contributed by atoms with E-state index < -0.39 is 0 Å². The van der Waals surface area contributed by atoms with Gasteiger partial charge in [-0.15, -0.1) is 0 Å². The van der Waals surface area contributed by atoms with Crippen LogP contribution in [0.5, 0.6) is 11.5 Å². The van der Waals surface area contributed by atoms with Gasteiger partial charge in [0.05, 0.1) is 13.7 Å². The first-order valence-corrected chi connectivity index (χ1v) is 7.62. The number of carbonyl (C=O) groups is 2. The predicted octanol–water partition coefficient (Wildman–Crippen LogP) is 1.07. The minimum atomic E-state index is -0.256. The molecule has 3 N–H and O–H groups in total. The van der Waals surface area contributed by atoms with Crippen molar-refractivity contribution in [1.82, 2.24) is 16.0 Å². The van der Waals surface area contributed by atoms with Gasteiger partial charge in [0.2, 0.25) is 5.91 Å². The molecule has 1 rings (SSSR count). The number of nitrogens with one attached hydrogen (secondary N) is 3. The molecule has 3 amide bonds. The second-order valence-corrected chi connectivity index (χ2v) is 4.83. The number of hydrogen-bond acceptors (Lipinski definition) is 4. The van der Waals surface area contributed by atoms with Crippen LogP contribution in [0.1, 0.15) is 19.4 Å². The van der Waals surface area contributed by atoms with Crippen LogP contribution < -0.4 is 25.4 Å². The number of benzene rings is 1. The molecule has 7 nitrogen and oxygen atoms in total. The molecule has 1 aromatic rings. The molecule has 0 saturated heterocycles. The summed E-state index contributed by atoms with van der Waals surface area (Å²) in [6, 6.07) is 5.46. The number of amides is 3. The molecular formula is C16H25N3O4.